The number of piperidine rings is 1. The molecule has 1 fully saturated rings. The second-order valence-electron chi connectivity index (χ2n) is 6.92. The Bertz CT molecular complexity index is 700. The molecule has 2 N–H and O–H groups in total. The number of rotatable bonds is 3. The maximum Gasteiger partial charge on any atom is 0.254 e. The van der Waals surface area contributed by atoms with Gasteiger partial charge in [-0.15, -0.1) is 0 Å². The van der Waals surface area contributed by atoms with Gasteiger partial charge in [0.05, 0.1) is 24.3 Å². The number of aromatic nitrogens is 2. The third-order valence-corrected chi connectivity index (χ3v) is 5.19. The molecule has 0 aliphatic carbocycles. The zero-order valence-electron chi connectivity index (χ0n) is 13.9. The lowest BCUT2D eigenvalue weighted by Crippen LogP contribution is -2.36. The van der Waals surface area contributed by atoms with E-state index >= 15 is 0 Å². The molecule has 5 heteroatoms. The van der Waals surface area contributed by atoms with Gasteiger partial charge in [-0.05, 0) is 56.0 Å². The Hall–Kier alpha value is -2.14. The summed E-state index contributed by atoms with van der Waals surface area (Å²) in [6, 6.07) is 8.20. The highest BCUT2D eigenvalue weighted by Gasteiger charge is 2.23. The molecule has 2 aromatic rings. The molecule has 0 spiro atoms. The minimum atomic E-state index is 0.112. The maximum atomic E-state index is 12.7. The monoisotopic (exact) mass is 324 g/mol. The molecule has 2 aliphatic heterocycles. The van der Waals surface area contributed by atoms with Gasteiger partial charge in [0.1, 0.15) is 0 Å². The van der Waals surface area contributed by atoms with Crippen molar-refractivity contribution in [1.29, 1.82) is 0 Å². The first kappa shape index (κ1) is 15.4. The predicted molar refractivity (Wildman–Crippen MR) is 92.8 cm³/mol. The van der Waals surface area contributed by atoms with Gasteiger partial charge in [0.25, 0.3) is 5.91 Å². The number of nitrogens with zero attached hydrogens (tertiary/aromatic N) is 2. The number of benzene rings is 1. The smallest absolute Gasteiger partial charge is 0.254 e. The van der Waals surface area contributed by atoms with Crippen LogP contribution in [0.1, 0.15) is 40.2 Å². The van der Waals surface area contributed by atoms with Crippen molar-refractivity contribution >= 4 is 5.91 Å². The largest absolute Gasteiger partial charge is 0.347 e. The average molecular weight is 324 g/mol. The van der Waals surface area contributed by atoms with E-state index in [4.69, 9.17) is 0 Å². The van der Waals surface area contributed by atoms with Gasteiger partial charge in [-0.2, -0.15) is 0 Å². The summed E-state index contributed by atoms with van der Waals surface area (Å²) < 4.78 is 0. The zero-order chi connectivity index (χ0) is 16.4. The molecule has 3 heterocycles. The van der Waals surface area contributed by atoms with Crippen LogP contribution in [0.4, 0.5) is 0 Å². The molecule has 2 aliphatic rings. The van der Waals surface area contributed by atoms with E-state index in [-0.39, 0.29) is 5.91 Å². The predicted octanol–water partition coefficient (Wildman–Crippen LogP) is 2.15. The second kappa shape index (κ2) is 6.77. The van der Waals surface area contributed by atoms with E-state index in [1.54, 1.807) is 6.33 Å². The number of amides is 1. The van der Waals surface area contributed by atoms with Gasteiger partial charge in [0, 0.05) is 18.5 Å². The summed E-state index contributed by atoms with van der Waals surface area (Å²) in [6.45, 7) is 3.63. The minimum absolute atomic E-state index is 0.112. The lowest BCUT2D eigenvalue weighted by Gasteiger charge is -2.26. The first-order chi connectivity index (χ1) is 11.8. The summed E-state index contributed by atoms with van der Waals surface area (Å²) in [5, 5.41) is 3.46. The summed E-state index contributed by atoms with van der Waals surface area (Å²) in [7, 11) is 0. The van der Waals surface area contributed by atoms with Crippen molar-refractivity contribution in [1.82, 2.24) is 20.2 Å². The average Bonchev–Trinajstić information content (AvgIpc) is 3.10. The normalized spacial score (nSPS) is 20.7. The van der Waals surface area contributed by atoms with Crippen LogP contribution in [-0.4, -0.2) is 40.4 Å². The molecule has 0 unspecified atom stereocenters. The lowest BCUT2D eigenvalue weighted by atomic mass is 9.92. The third kappa shape index (κ3) is 3.22. The fourth-order valence-electron chi connectivity index (χ4n) is 3.78. The van der Waals surface area contributed by atoms with E-state index in [1.807, 2.05) is 17.0 Å². The van der Waals surface area contributed by atoms with Crippen LogP contribution in [0.25, 0.3) is 0 Å². The number of carbonyl (C=O) groups excluding carboxylic acids is 1. The SMILES string of the molecule is O=C(c1ccc(C[C@H]2CCCNC2)cc1)N1CCc2nc[nH]c2C1. The van der Waals surface area contributed by atoms with E-state index < -0.39 is 0 Å². The molecule has 126 valence electrons. The Kier molecular flexibility index (Phi) is 4.34. The van der Waals surface area contributed by atoms with Gasteiger partial charge in [-0.1, -0.05) is 12.1 Å². The van der Waals surface area contributed by atoms with Crippen LogP contribution in [-0.2, 0) is 19.4 Å². The molecule has 4 rings (SSSR count). The summed E-state index contributed by atoms with van der Waals surface area (Å²) in [5.41, 5.74) is 4.27. The highest BCUT2D eigenvalue weighted by molar-refractivity contribution is 5.94. The van der Waals surface area contributed by atoms with Crippen molar-refractivity contribution in [2.24, 2.45) is 5.92 Å². The molecule has 1 aromatic heterocycles. The first-order valence-corrected chi connectivity index (χ1v) is 8.89. The van der Waals surface area contributed by atoms with Gasteiger partial charge in [-0.25, -0.2) is 4.98 Å². The van der Waals surface area contributed by atoms with Crippen molar-refractivity contribution in [2.75, 3.05) is 19.6 Å². The number of hydrogen-bond acceptors (Lipinski definition) is 3. The molecule has 1 amide bonds. The molecular weight excluding hydrogens is 300 g/mol. The number of H-pyrrole nitrogens is 1. The second-order valence-corrected chi connectivity index (χ2v) is 6.92. The highest BCUT2D eigenvalue weighted by atomic mass is 16.2. The molecule has 0 saturated carbocycles. The number of nitrogens with one attached hydrogen (secondary N) is 2. The fourth-order valence-corrected chi connectivity index (χ4v) is 3.78. The summed E-state index contributed by atoms with van der Waals surface area (Å²) in [5.74, 6) is 0.835. The van der Waals surface area contributed by atoms with Crippen LogP contribution in [0, 0.1) is 5.92 Å². The summed E-state index contributed by atoms with van der Waals surface area (Å²) in [6.07, 6.45) is 6.22. The Morgan fingerprint density at radius 2 is 2.17 bits per heavy atom. The van der Waals surface area contributed by atoms with E-state index in [0.717, 1.165) is 55.3 Å². The molecule has 1 atom stereocenters. The number of carbonyl (C=O) groups is 1. The topological polar surface area (TPSA) is 61.0 Å². The van der Waals surface area contributed by atoms with Crippen molar-refractivity contribution in [3.8, 4) is 0 Å². The van der Waals surface area contributed by atoms with Crippen LogP contribution in [0.3, 0.4) is 0 Å². The lowest BCUT2D eigenvalue weighted by molar-refractivity contribution is 0.0732. The Labute approximate surface area is 142 Å². The standard InChI is InChI=1S/C19H24N4O/c24-19(23-9-7-17-18(12-23)22-13-21-17)16-5-3-14(4-6-16)10-15-2-1-8-20-11-15/h3-6,13,15,20H,1-2,7-12H2,(H,21,22)/t15-/m1/s1. The van der Waals surface area contributed by atoms with Crippen molar-refractivity contribution < 1.29 is 4.79 Å². The summed E-state index contributed by atoms with van der Waals surface area (Å²) in [4.78, 5) is 22.0. The quantitative estimate of drug-likeness (QED) is 0.909. The number of imidazole rings is 1. The van der Waals surface area contributed by atoms with Gasteiger partial charge < -0.3 is 15.2 Å². The van der Waals surface area contributed by atoms with E-state index in [2.05, 4.69) is 27.4 Å². The zero-order valence-corrected chi connectivity index (χ0v) is 13.9. The first-order valence-electron chi connectivity index (χ1n) is 8.89. The Balaban J connectivity index is 1.40. The molecule has 0 bridgehead atoms. The molecule has 24 heavy (non-hydrogen) atoms. The molecule has 5 nitrogen and oxygen atoms in total. The maximum absolute atomic E-state index is 12.7. The van der Waals surface area contributed by atoms with Crippen molar-refractivity contribution in [2.45, 2.75) is 32.2 Å². The fraction of sp³-hybridized carbons (Fsp3) is 0.474. The van der Waals surface area contributed by atoms with E-state index in [1.165, 1.54) is 18.4 Å². The number of fused-ring (bicyclic) bond motifs is 1. The van der Waals surface area contributed by atoms with E-state index in [0.29, 0.717) is 6.54 Å². The van der Waals surface area contributed by atoms with Crippen molar-refractivity contribution in [3.05, 3.63) is 53.1 Å². The molecular formula is C19H24N4O. The molecule has 1 saturated heterocycles. The number of aromatic amines is 1. The molecule has 1 aromatic carbocycles. The Morgan fingerprint density at radius 1 is 1.29 bits per heavy atom. The van der Waals surface area contributed by atoms with Gasteiger partial charge in [0.15, 0.2) is 0 Å². The van der Waals surface area contributed by atoms with Gasteiger partial charge >= 0.3 is 0 Å². The van der Waals surface area contributed by atoms with E-state index in [9.17, 15) is 4.79 Å². The highest BCUT2D eigenvalue weighted by Crippen LogP contribution is 2.20. The van der Waals surface area contributed by atoms with Gasteiger partial charge in [0.2, 0.25) is 0 Å². The third-order valence-electron chi connectivity index (χ3n) is 5.19. The minimum Gasteiger partial charge on any atom is -0.347 e. The van der Waals surface area contributed by atoms with Crippen LogP contribution >= 0.6 is 0 Å². The van der Waals surface area contributed by atoms with Gasteiger partial charge in [-0.3, -0.25) is 4.79 Å². The summed E-state index contributed by atoms with van der Waals surface area (Å²) >= 11 is 0. The Morgan fingerprint density at radius 3 is 2.96 bits per heavy atom. The van der Waals surface area contributed by atoms with Crippen LogP contribution in [0.15, 0.2) is 30.6 Å². The van der Waals surface area contributed by atoms with Crippen molar-refractivity contribution in [3.63, 3.8) is 0 Å². The van der Waals surface area contributed by atoms with Crippen LogP contribution in [0.5, 0.6) is 0 Å². The van der Waals surface area contributed by atoms with Crippen LogP contribution < -0.4 is 5.32 Å². The molecule has 0 radical (unpaired) electrons. The van der Waals surface area contributed by atoms with Crippen LogP contribution in [0.2, 0.25) is 0 Å². The number of hydrogen-bond donors (Lipinski definition) is 2.